The second kappa shape index (κ2) is 6.09. The average molecular weight is 260 g/mol. The predicted molar refractivity (Wildman–Crippen MR) is 65.4 cm³/mol. The summed E-state index contributed by atoms with van der Waals surface area (Å²) in [7, 11) is 3.31. The van der Waals surface area contributed by atoms with Crippen molar-refractivity contribution in [2.75, 3.05) is 32.5 Å². The molecule has 0 radical (unpaired) electrons. The van der Waals surface area contributed by atoms with E-state index in [9.17, 15) is 9.59 Å². The largest absolute Gasteiger partial charge is 0.381 e. The van der Waals surface area contributed by atoms with Crippen LogP contribution in [0.15, 0.2) is 11.0 Å². The third-order valence-corrected chi connectivity index (χ3v) is 2.29. The Hall–Kier alpha value is -1.76. The molecular formula is C9H14ClN5O2. The van der Waals surface area contributed by atoms with Gasteiger partial charge in [-0.2, -0.15) is 5.10 Å². The first-order valence-electron chi connectivity index (χ1n) is 4.94. The number of rotatable bonds is 4. The first-order valence-corrected chi connectivity index (χ1v) is 5.32. The highest BCUT2D eigenvalue weighted by Gasteiger charge is 2.04. The molecule has 1 aromatic rings. The van der Waals surface area contributed by atoms with Crippen LogP contribution in [-0.4, -0.2) is 48.3 Å². The van der Waals surface area contributed by atoms with E-state index in [4.69, 9.17) is 11.6 Å². The zero-order valence-corrected chi connectivity index (χ0v) is 10.3. The van der Waals surface area contributed by atoms with Gasteiger partial charge in [0.25, 0.3) is 5.56 Å². The van der Waals surface area contributed by atoms with E-state index in [-0.39, 0.29) is 11.1 Å². The number of amides is 2. The van der Waals surface area contributed by atoms with Crippen LogP contribution in [0.2, 0.25) is 5.02 Å². The van der Waals surface area contributed by atoms with Crippen LogP contribution >= 0.6 is 11.6 Å². The summed E-state index contributed by atoms with van der Waals surface area (Å²) in [4.78, 5) is 23.7. The van der Waals surface area contributed by atoms with Crippen LogP contribution in [0.1, 0.15) is 0 Å². The van der Waals surface area contributed by atoms with Gasteiger partial charge in [0.05, 0.1) is 11.9 Å². The Bertz CT molecular complexity index is 445. The molecule has 1 heterocycles. The summed E-state index contributed by atoms with van der Waals surface area (Å²) in [6, 6.07) is -0.179. The summed E-state index contributed by atoms with van der Waals surface area (Å²) in [6.45, 7) is 0.866. The lowest BCUT2D eigenvalue weighted by Crippen LogP contribution is -2.37. The van der Waals surface area contributed by atoms with Crippen molar-refractivity contribution in [3.8, 4) is 0 Å². The number of carbonyl (C=O) groups excluding carboxylic acids is 1. The number of aromatic nitrogens is 2. The molecule has 0 aliphatic carbocycles. The van der Waals surface area contributed by atoms with E-state index in [1.165, 1.54) is 11.1 Å². The molecule has 7 nitrogen and oxygen atoms in total. The van der Waals surface area contributed by atoms with Crippen LogP contribution in [0, 0.1) is 0 Å². The molecule has 0 bridgehead atoms. The number of halogens is 1. The molecule has 2 amide bonds. The van der Waals surface area contributed by atoms with E-state index < -0.39 is 5.56 Å². The molecule has 0 saturated heterocycles. The summed E-state index contributed by atoms with van der Waals surface area (Å²) in [5.74, 6) is 0. The summed E-state index contributed by atoms with van der Waals surface area (Å²) >= 11 is 5.74. The SMILES string of the molecule is CN(C)C(=O)NCCNc1cn[nH]c(=O)c1Cl. The summed E-state index contributed by atoms with van der Waals surface area (Å²) in [5.41, 5.74) is -0.0106. The van der Waals surface area contributed by atoms with Crippen molar-refractivity contribution < 1.29 is 4.79 Å². The molecule has 1 rings (SSSR count). The second-order valence-corrected chi connectivity index (χ2v) is 3.86. The monoisotopic (exact) mass is 259 g/mol. The lowest BCUT2D eigenvalue weighted by atomic mass is 10.4. The van der Waals surface area contributed by atoms with Gasteiger partial charge in [-0.15, -0.1) is 0 Å². The Balaban J connectivity index is 2.39. The zero-order chi connectivity index (χ0) is 12.8. The minimum absolute atomic E-state index is 0.0546. The van der Waals surface area contributed by atoms with Crippen molar-refractivity contribution in [3.63, 3.8) is 0 Å². The molecule has 0 aliphatic heterocycles. The summed E-state index contributed by atoms with van der Waals surface area (Å²) < 4.78 is 0. The molecule has 94 valence electrons. The van der Waals surface area contributed by atoms with Gasteiger partial charge in [0, 0.05) is 27.2 Å². The number of anilines is 1. The van der Waals surface area contributed by atoms with Crippen molar-refractivity contribution in [1.29, 1.82) is 0 Å². The first-order chi connectivity index (χ1) is 8.02. The highest BCUT2D eigenvalue weighted by molar-refractivity contribution is 6.32. The van der Waals surface area contributed by atoms with Crippen LogP contribution in [0.5, 0.6) is 0 Å². The second-order valence-electron chi connectivity index (χ2n) is 3.48. The third-order valence-electron chi connectivity index (χ3n) is 1.92. The fourth-order valence-corrected chi connectivity index (χ4v) is 1.19. The molecule has 0 fully saturated rings. The highest BCUT2D eigenvalue weighted by atomic mass is 35.5. The van der Waals surface area contributed by atoms with Crippen molar-refractivity contribution in [3.05, 3.63) is 21.6 Å². The van der Waals surface area contributed by atoms with Gasteiger partial charge in [-0.1, -0.05) is 11.6 Å². The number of hydrogen-bond donors (Lipinski definition) is 3. The lowest BCUT2D eigenvalue weighted by Gasteiger charge is -2.12. The van der Waals surface area contributed by atoms with Crippen molar-refractivity contribution in [1.82, 2.24) is 20.4 Å². The summed E-state index contributed by atoms with van der Waals surface area (Å²) in [5, 5.41) is 11.4. The number of nitrogens with one attached hydrogen (secondary N) is 3. The topological polar surface area (TPSA) is 90.1 Å². The van der Waals surface area contributed by atoms with Crippen molar-refractivity contribution >= 4 is 23.3 Å². The number of aromatic amines is 1. The van der Waals surface area contributed by atoms with Gasteiger partial charge in [-0.05, 0) is 0 Å². The van der Waals surface area contributed by atoms with Gasteiger partial charge in [0.15, 0.2) is 0 Å². The van der Waals surface area contributed by atoms with Gasteiger partial charge in [0.1, 0.15) is 5.02 Å². The number of hydrogen-bond acceptors (Lipinski definition) is 4. The molecule has 0 aliphatic rings. The smallest absolute Gasteiger partial charge is 0.316 e. The standard InChI is InChI=1S/C9H14ClN5O2/c1-15(2)9(17)12-4-3-11-6-5-13-14-8(16)7(6)10/h5H,3-4H2,1-2H3,(H,12,17)(H2,11,14,16). The molecule has 17 heavy (non-hydrogen) atoms. The predicted octanol–water partition coefficient (Wildman–Crippen LogP) is 0.106. The Labute approximate surface area is 103 Å². The highest BCUT2D eigenvalue weighted by Crippen LogP contribution is 2.13. The van der Waals surface area contributed by atoms with Gasteiger partial charge in [0.2, 0.25) is 0 Å². The number of H-pyrrole nitrogens is 1. The Morgan fingerprint density at radius 1 is 1.53 bits per heavy atom. The van der Waals surface area contributed by atoms with Crippen molar-refractivity contribution in [2.45, 2.75) is 0 Å². The molecule has 0 atom stereocenters. The van der Waals surface area contributed by atoms with Crippen LogP contribution in [0.4, 0.5) is 10.5 Å². The van der Waals surface area contributed by atoms with E-state index in [0.717, 1.165) is 0 Å². The third kappa shape index (κ3) is 3.95. The fourth-order valence-electron chi connectivity index (χ4n) is 1.03. The maximum Gasteiger partial charge on any atom is 0.316 e. The van der Waals surface area contributed by atoms with E-state index in [0.29, 0.717) is 18.8 Å². The van der Waals surface area contributed by atoms with Gasteiger partial charge in [-0.3, -0.25) is 4.79 Å². The van der Waals surface area contributed by atoms with Crippen LogP contribution in [-0.2, 0) is 0 Å². The van der Waals surface area contributed by atoms with Gasteiger partial charge >= 0.3 is 6.03 Å². The van der Waals surface area contributed by atoms with Crippen molar-refractivity contribution in [2.24, 2.45) is 0 Å². The van der Waals surface area contributed by atoms with E-state index in [2.05, 4.69) is 20.8 Å². The zero-order valence-electron chi connectivity index (χ0n) is 9.58. The number of nitrogens with zero attached hydrogens (tertiary/aromatic N) is 2. The molecule has 0 saturated carbocycles. The minimum Gasteiger partial charge on any atom is -0.381 e. The molecule has 3 N–H and O–H groups in total. The van der Waals surface area contributed by atoms with E-state index in [1.807, 2.05) is 0 Å². The lowest BCUT2D eigenvalue weighted by molar-refractivity contribution is 0.218. The minimum atomic E-state index is -0.450. The quantitative estimate of drug-likeness (QED) is 0.670. The Morgan fingerprint density at radius 3 is 2.88 bits per heavy atom. The molecule has 0 spiro atoms. The number of carbonyl (C=O) groups is 1. The Kier molecular flexibility index (Phi) is 4.77. The van der Waals surface area contributed by atoms with Gasteiger partial charge in [-0.25, -0.2) is 9.89 Å². The number of urea groups is 1. The molecule has 0 unspecified atom stereocenters. The molecule has 0 aromatic carbocycles. The van der Waals surface area contributed by atoms with E-state index in [1.54, 1.807) is 14.1 Å². The normalized spacial score (nSPS) is 9.82. The first kappa shape index (κ1) is 13.3. The fraction of sp³-hybridized carbons (Fsp3) is 0.444. The molecular weight excluding hydrogens is 246 g/mol. The van der Waals surface area contributed by atoms with E-state index >= 15 is 0 Å². The van der Waals surface area contributed by atoms with Crippen LogP contribution in [0.25, 0.3) is 0 Å². The maximum absolute atomic E-state index is 11.2. The van der Waals surface area contributed by atoms with Crippen LogP contribution in [0.3, 0.4) is 0 Å². The Morgan fingerprint density at radius 2 is 2.24 bits per heavy atom. The van der Waals surface area contributed by atoms with Crippen LogP contribution < -0.4 is 16.2 Å². The molecule has 1 aromatic heterocycles. The maximum atomic E-state index is 11.2. The average Bonchev–Trinajstić information content (AvgIpc) is 2.29. The molecule has 8 heteroatoms. The summed E-state index contributed by atoms with van der Waals surface area (Å²) in [6.07, 6.45) is 1.41. The van der Waals surface area contributed by atoms with Gasteiger partial charge < -0.3 is 15.5 Å².